The Hall–Kier alpha value is 0.367. The van der Waals surface area contributed by atoms with Gasteiger partial charge < -0.3 is 8.64 Å². The van der Waals surface area contributed by atoms with Crippen LogP contribution in [0.15, 0.2) is 0 Å². The van der Waals surface area contributed by atoms with Crippen LogP contribution in [0.25, 0.3) is 0 Å². The van der Waals surface area contributed by atoms with Crippen molar-refractivity contribution < 1.29 is 13.2 Å². The molecule has 1 atom stereocenters. The van der Waals surface area contributed by atoms with Crippen LogP contribution in [0.5, 0.6) is 0 Å². The highest BCUT2D eigenvalue weighted by Gasteiger charge is 2.23. The van der Waals surface area contributed by atoms with Crippen molar-refractivity contribution in [2.24, 2.45) is 0 Å². The average Bonchev–Trinajstić information content (AvgIpc) is 1.63. The van der Waals surface area contributed by atoms with Crippen molar-refractivity contribution in [2.45, 2.75) is 13.1 Å². The quantitative estimate of drug-likeness (QED) is 0.472. The molecule has 0 N–H and O–H groups in total. The van der Waals surface area contributed by atoms with Gasteiger partial charge >= 0.3 is 8.56 Å². The highest BCUT2D eigenvalue weighted by molar-refractivity contribution is 7.40. The maximum Gasteiger partial charge on any atom is 0.337 e. The third kappa shape index (κ3) is 4.84. The lowest BCUT2D eigenvalue weighted by Gasteiger charge is -2.17. The van der Waals surface area contributed by atoms with Gasteiger partial charge in [-0.3, -0.25) is 4.57 Å². The Morgan fingerprint density at radius 2 is 1.89 bits per heavy atom. The van der Waals surface area contributed by atoms with Crippen LogP contribution in [-0.4, -0.2) is 22.3 Å². The molecule has 0 amide bonds. The summed E-state index contributed by atoms with van der Waals surface area (Å²) in [5.74, 6) is 0. The Bertz CT molecular complexity index is 114. The summed E-state index contributed by atoms with van der Waals surface area (Å²) in [6.45, 7) is 5.29. The van der Waals surface area contributed by atoms with Crippen LogP contribution < -0.4 is 0 Å². The molecule has 0 heterocycles. The monoisotopic (exact) mass is 168 g/mol. The SMILES string of the molecule is CO[Si](C)(C)O[PH](C)=O. The van der Waals surface area contributed by atoms with E-state index >= 15 is 0 Å². The van der Waals surface area contributed by atoms with Crippen LogP contribution >= 0.6 is 8.03 Å². The van der Waals surface area contributed by atoms with E-state index in [1.165, 1.54) is 0 Å². The molecule has 0 aliphatic rings. The van der Waals surface area contributed by atoms with E-state index in [2.05, 4.69) is 0 Å². The second-order valence-corrected chi connectivity index (χ2v) is 7.21. The van der Waals surface area contributed by atoms with Gasteiger partial charge in [-0.2, -0.15) is 0 Å². The molecule has 0 bridgehead atoms. The number of rotatable bonds is 3. The molecule has 1 unspecified atom stereocenters. The van der Waals surface area contributed by atoms with Gasteiger partial charge in [0.05, 0.1) is 0 Å². The smallest absolute Gasteiger partial charge is 0.337 e. The van der Waals surface area contributed by atoms with E-state index in [9.17, 15) is 4.57 Å². The summed E-state index contributed by atoms with van der Waals surface area (Å²) in [5.41, 5.74) is 0. The lowest BCUT2D eigenvalue weighted by molar-refractivity contribution is 0.319. The average molecular weight is 168 g/mol. The highest BCUT2D eigenvalue weighted by atomic mass is 31.1. The zero-order chi connectivity index (χ0) is 7.49. The lowest BCUT2D eigenvalue weighted by Crippen LogP contribution is -2.30. The topological polar surface area (TPSA) is 35.5 Å². The van der Waals surface area contributed by atoms with Gasteiger partial charge in [0.2, 0.25) is 0 Å². The molecule has 0 rings (SSSR count). The van der Waals surface area contributed by atoms with E-state index in [0.29, 0.717) is 0 Å². The highest BCUT2D eigenvalue weighted by Crippen LogP contribution is 2.23. The van der Waals surface area contributed by atoms with Gasteiger partial charge in [-0.05, 0) is 13.1 Å². The van der Waals surface area contributed by atoms with Crippen LogP contribution in [0.3, 0.4) is 0 Å². The molecular formula is C4H13O3PSi. The summed E-state index contributed by atoms with van der Waals surface area (Å²) >= 11 is 0. The van der Waals surface area contributed by atoms with Crippen LogP contribution in [0.1, 0.15) is 0 Å². The van der Waals surface area contributed by atoms with Gasteiger partial charge in [-0.25, -0.2) is 0 Å². The van der Waals surface area contributed by atoms with Crippen LogP contribution in [-0.2, 0) is 13.2 Å². The van der Waals surface area contributed by atoms with E-state index in [1.54, 1.807) is 13.8 Å². The molecule has 0 fully saturated rings. The summed E-state index contributed by atoms with van der Waals surface area (Å²) in [4.78, 5) is 0. The predicted molar refractivity (Wildman–Crippen MR) is 40.5 cm³/mol. The number of hydrogen-bond donors (Lipinski definition) is 0. The van der Waals surface area contributed by atoms with E-state index < -0.39 is 16.6 Å². The van der Waals surface area contributed by atoms with Crippen molar-refractivity contribution in [1.82, 2.24) is 0 Å². The van der Waals surface area contributed by atoms with E-state index in [1.807, 2.05) is 13.1 Å². The lowest BCUT2D eigenvalue weighted by atomic mass is 11.8. The second kappa shape index (κ2) is 3.51. The van der Waals surface area contributed by atoms with E-state index in [0.717, 1.165) is 0 Å². The minimum absolute atomic E-state index is 1.57. The molecule has 3 nitrogen and oxygen atoms in total. The summed E-state index contributed by atoms with van der Waals surface area (Å²) < 4.78 is 20.6. The van der Waals surface area contributed by atoms with Crippen molar-refractivity contribution >= 4 is 16.6 Å². The molecule has 0 aliphatic heterocycles. The van der Waals surface area contributed by atoms with Gasteiger partial charge in [-0.1, -0.05) is 0 Å². The van der Waals surface area contributed by atoms with Crippen LogP contribution in [0.2, 0.25) is 13.1 Å². The largest absolute Gasteiger partial charge is 0.398 e. The maximum absolute atomic E-state index is 10.5. The Balaban J connectivity index is 3.71. The molecule has 0 saturated carbocycles. The summed E-state index contributed by atoms with van der Waals surface area (Å²) in [6, 6.07) is 0. The minimum Gasteiger partial charge on any atom is -0.398 e. The zero-order valence-corrected chi connectivity index (χ0v) is 8.22. The van der Waals surface area contributed by atoms with Crippen molar-refractivity contribution in [3.05, 3.63) is 0 Å². The first-order valence-electron chi connectivity index (χ1n) is 2.72. The van der Waals surface area contributed by atoms with Crippen molar-refractivity contribution in [1.29, 1.82) is 0 Å². The molecular weight excluding hydrogens is 155 g/mol. The van der Waals surface area contributed by atoms with Crippen molar-refractivity contribution in [2.75, 3.05) is 13.8 Å². The Morgan fingerprint density at radius 3 is 2.00 bits per heavy atom. The summed E-state index contributed by atoms with van der Waals surface area (Å²) in [6.07, 6.45) is 0. The maximum atomic E-state index is 10.5. The first-order chi connectivity index (χ1) is 3.98. The van der Waals surface area contributed by atoms with Gasteiger partial charge in [0.15, 0.2) is 8.03 Å². The Kier molecular flexibility index (Phi) is 3.66. The second-order valence-electron chi connectivity index (χ2n) is 2.20. The van der Waals surface area contributed by atoms with Gasteiger partial charge in [-0.15, -0.1) is 0 Å². The zero-order valence-electron chi connectivity index (χ0n) is 6.22. The molecule has 0 aliphatic carbocycles. The molecule has 0 spiro atoms. The fraction of sp³-hybridized carbons (Fsp3) is 1.00. The molecule has 0 aromatic heterocycles. The Morgan fingerprint density at radius 1 is 1.44 bits per heavy atom. The molecule has 0 radical (unpaired) electrons. The normalized spacial score (nSPS) is 15.6. The fourth-order valence-corrected chi connectivity index (χ4v) is 3.49. The van der Waals surface area contributed by atoms with Crippen LogP contribution in [0, 0.1) is 0 Å². The first kappa shape index (κ1) is 9.37. The third-order valence-electron chi connectivity index (χ3n) is 0.881. The van der Waals surface area contributed by atoms with Crippen molar-refractivity contribution in [3.8, 4) is 0 Å². The van der Waals surface area contributed by atoms with Gasteiger partial charge in [0, 0.05) is 13.8 Å². The molecule has 0 saturated heterocycles. The van der Waals surface area contributed by atoms with Crippen LogP contribution in [0.4, 0.5) is 0 Å². The van der Waals surface area contributed by atoms with Gasteiger partial charge in [0.25, 0.3) is 0 Å². The third-order valence-corrected chi connectivity index (χ3v) is 4.98. The van der Waals surface area contributed by atoms with E-state index in [-0.39, 0.29) is 0 Å². The minimum atomic E-state index is -2.01. The summed E-state index contributed by atoms with van der Waals surface area (Å²) in [5, 5.41) is 0. The van der Waals surface area contributed by atoms with Crippen molar-refractivity contribution in [3.63, 3.8) is 0 Å². The predicted octanol–water partition coefficient (Wildman–Crippen LogP) is 1.46. The number of hydrogen-bond acceptors (Lipinski definition) is 3. The standard InChI is InChI=1S/C4H13O3PSi/c1-6-9(3,4)7-8(2)5/h8H,1-4H3. The summed E-state index contributed by atoms with van der Waals surface area (Å²) in [7, 11) is -2.24. The van der Waals surface area contributed by atoms with Gasteiger partial charge in [0.1, 0.15) is 0 Å². The molecule has 9 heavy (non-hydrogen) atoms. The Labute approximate surface area is 57.5 Å². The fourth-order valence-electron chi connectivity index (χ4n) is 0.388. The first-order valence-corrected chi connectivity index (χ1v) is 7.36. The van der Waals surface area contributed by atoms with E-state index in [4.69, 9.17) is 8.64 Å². The molecule has 0 aromatic rings. The molecule has 5 heteroatoms. The molecule has 0 aromatic carbocycles. The molecule has 56 valence electrons.